The number of carbonyl (C=O) groups is 1. The average Bonchev–Trinajstić information content (AvgIpc) is 3.09. The first-order valence-electron chi connectivity index (χ1n) is 7.35. The molecule has 0 atom stereocenters. The van der Waals surface area contributed by atoms with Crippen molar-refractivity contribution < 1.29 is 4.79 Å². The van der Waals surface area contributed by atoms with Crippen LogP contribution in [0.2, 0.25) is 0 Å². The third-order valence-corrected chi connectivity index (χ3v) is 4.03. The number of hydrogen-bond donors (Lipinski definition) is 0. The van der Waals surface area contributed by atoms with Gasteiger partial charge in [-0.3, -0.25) is 9.20 Å². The highest BCUT2D eigenvalue weighted by Crippen LogP contribution is 2.28. The van der Waals surface area contributed by atoms with Gasteiger partial charge >= 0.3 is 0 Å². The average molecular weight is 289 g/mol. The number of aryl methyl sites for hydroxylation is 1. The van der Waals surface area contributed by atoms with Crippen molar-refractivity contribution in [2.24, 2.45) is 0 Å². The van der Waals surface area contributed by atoms with Gasteiger partial charge in [0.15, 0.2) is 6.29 Å². The van der Waals surface area contributed by atoms with Crippen LogP contribution in [0.25, 0.3) is 28.1 Å². The van der Waals surface area contributed by atoms with Crippen molar-refractivity contribution in [3.8, 4) is 11.3 Å². The standard InChI is InChI=1S/C18H15N3O/c1-2-20-14-10-6-7-11-15(14)21-16(12-22)17(19-18(20)21)13-8-4-3-5-9-13/h3-12H,2H2,1H3. The second-order valence-electron chi connectivity index (χ2n) is 5.20. The zero-order chi connectivity index (χ0) is 15.1. The van der Waals surface area contributed by atoms with Gasteiger partial charge < -0.3 is 4.57 Å². The van der Waals surface area contributed by atoms with Gasteiger partial charge in [-0.2, -0.15) is 0 Å². The molecule has 108 valence electrons. The maximum Gasteiger partial charge on any atom is 0.216 e. The van der Waals surface area contributed by atoms with E-state index < -0.39 is 0 Å². The number of carbonyl (C=O) groups excluding carboxylic acids is 1. The summed E-state index contributed by atoms with van der Waals surface area (Å²) >= 11 is 0. The summed E-state index contributed by atoms with van der Waals surface area (Å²) in [6.45, 7) is 2.89. The first-order valence-corrected chi connectivity index (χ1v) is 7.35. The molecule has 0 saturated heterocycles. The summed E-state index contributed by atoms with van der Waals surface area (Å²) in [6.07, 6.45) is 0.898. The molecule has 4 aromatic rings. The molecular weight excluding hydrogens is 274 g/mol. The summed E-state index contributed by atoms with van der Waals surface area (Å²) in [5.41, 5.74) is 4.40. The number of para-hydroxylation sites is 2. The predicted molar refractivity (Wildman–Crippen MR) is 87.2 cm³/mol. The molecule has 2 aromatic carbocycles. The van der Waals surface area contributed by atoms with Gasteiger partial charge in [-0.1, -0.05) is 42.5 Å². The number of hydrogen-bond acceptors (Lipinski definition) is 2. The van der Waals surface area contributed by atoms with Gasteiger partial charge in [0, 0.05) is 12.1 Å². The lowest BCUT2D eigenvalue weighted by molar-refractivity contribution is 0.111. The SMILES string of the molecule is CCn1c2ccccc2n2c(C=O)c(-c3ccccc3)nc12. The van der Waals surface area contributed by atoms with Gasteiger partial charge in [0.2, 0.25) is 5.78 Å². The lowest BCUT2D eigenvalue weighted by atomic mass is 10.1. The molecule has 0 spiro atoms. The molecule has 0 radical (unpaired) electrons. The van der Waals surface area contributed by atoms with Gasteiger partial charge in [-0.15, -0.1) is 0 Å². The van der Waals surface area contributed by atoms with Crippen LogP contribution in [0.5, 0.6) is 0 Å². The number of nitrogens with zero attached hydrogens (tertiary/aromatic N) is 3. The van der Waals surface area contributed by atoms with Crippen molar-refractivity contribution >= 4 is 23.1 Å². The minimum Gasteiger partial charge on any atom is -0.310 e. The Hall–Kier alpha value is -2.88. The molecule has 0 saturated carbocycles. The number of benzene rings is 2. The van der Waals surface area contributed by atoms with Crippen molar-refractivity contribution in [1.82, 2.24) is 14.0 Å². The maximum absolute atomic E-state index is 11.7. The van der Waals surface area contributed by atoms with Crippen molar-refractivity contribution in [2.45, 2.75) is 13.5 Å². The molecule has 4 rings (SSSR count). The first-order chi connectivity index (χ1) is 10.8. The Morgan fingerprint density at radius 1 is 1.00 bits per heavy atom. The lowest BCUT2D eigenvalue weighted by Gasteiger charge is -2.00. The predicted octanol–water partition coefficient (Wildman–Crippen LogP) is 3.79. The van der Waals surface area contributed by atoms with Crippen LogP contribution in [0.4, 0.5) is 0 Å². The lowest BCUT2D eigenvalue weighted by Crippen LogP contribution is -1.94. The fourth-order valence-electron chi connectivity index (χ4n) is 3.06. The minimum absolute atomic E-state index is 0.601. The van der Waals surface area contributed by atoms with Gasteiger partial charge in [0.1, 0.15) is 11.4 Å². The van der Waals surface area contributed by atoms with Crippen LogP contribution in [-0.4, -0.2) is 20.2 Å². The van der Waals surface area contributed by atoms with Crippen molar-refractivity contribution in [3.63, 3.8) is 0 Å². The third kappa shape index (κ3) is 1.64. The fraction of sp³-hybridized carbons (Fsp3) is 0.111. The quantitative estimate of drug-likeness (QED) is 0.538. The Labute approximate surface area is 127 Å². The highest BCUT2D eigenvalue weighted by molar-refractivity contribution is 5.91. The second kappa shape index (κ2) is 4.84. The Kier molecular flexibility index (Phi) is 2.82. The highest BCUT2D eigenvalue weighted by Gasteiger charge is 2.19. The molecule has 22 heavy (non-hydrogen) atoms. The number of imidazole rings is 2. The molecule has 2 aromatic heterocycles. The molecule has 0 aliphatic carbocycles. The zero-order valence-corrected chi connectivity index (χ0v) is 12.2. The minimum atomic E-state index is 0.601. The maximum atomic E-state index is 11.7. The molecule has 0 fully saturated rings. The van der Waals surface area contributed by atoms with Crippen LogP contribution < -0.4 is 0 Å². The highest BCUT2D eigenvalue weighted by atomic mass is 16.1. The fourth-order valence-corrected chi connectivity index (χ4v) is 3.06. The van der Waals surface area contributed by atoms with Crippen molar-refractivity contribution in [3.05, 3.63) is 60.3 Å². The summed E-state index contributed by atoms with van der Waals surface area (Å²) in [5, 5.41) is 0. The molecule has 2 heterocycles. The van der Waals surface area contributed by atoms with Gasteiger partial charge in [-0.05, 0) is 19.1 Å². The van der Waals surface area contributed by atoms with E-state index in [2.05, 4.69) is 17.6 Å². The van der Waals surface area contributed by atoms with E-state index in [1.54, 1.807) is 0 Å². The molecule has 4 nitrogen and oxygen atoms in total. The van der Waals surface area contributed by atoms with Crippen LogP contribution in [0.15, 0.2) is 54.6 Å². The van der Waals surface area contributed by atoms with Gasteiger partial charge in [-0.25, -0.2) is 4.98 Å². The molecule has 0 amide bonds. The number of aromatic nitrogens is 3. The Bertz CT molecular complexity index is 980. The number of aldehydes is 1. The van der Waals surface area contributed by atoms with Crippen LogP contribution >= 0.6 is 0 Å². The first kappa shape index (κ1) is 12.8. The Morgan fingerprint density at radius 3 is 2.36 bits per heavy atom. The normalized spacial score (nSPS) is 11.3. The second-order valence-corrected chi connectivity index (χ2v) is 5.20. The number of rotatable bonds is 3. The topological polar surface area (TPSA) is 39.3 Å². The van der Waals surface area contributed by atoms with E-state index in [0.29, 0.717) is 5.69 Å². The van der Waals surface area contributed by atoms with Crippen molar-refractivity contribution in [2.75, 3.05) is 0 Å². The van der Waals surface area contributed by atoms with Crippen LogP contribution in [0.3, 0.4) is 0 Å². The Balaban J connectivity index is 2.16. The van der Waals surface area contributed by atoms with E-state index in [-0.39, 0.29) is 0 Å². The number of fused-ring (bicyclic) bond motifs is 3. The van der Waals surface area contributed by atoms with E-state index in [1.165, 1.54) is 0 Å². The third-order valence-electron chi connectivity index (χ3n) is 4.03. The molecule has 0 unspecified atom stereocenters. The molecule has 0 aliphatic heterocycles. The Morgan fingerprint density at radius 2 is 1.68 bits per heavy atom. The summed E-state index contributed by atoms with van der Waals surface area (Å²) in [4.78, 5) is 16.5. The van der Waals surface area contributed by atoms with Crippen molar-refractivity contribution in [1.29, 1.82) is 0 Å². The van der Waals surface area contributed by atoms with Gasteiger partial charge in [0.05, 0.1) is 11.0 Å². The summed E-state index contributed by atoms with van der Waals surface area (Å²) in [6, 6.07) is 17.9. The molecular formula is C18H15N3O. The molecule has 0 N–H and O–H groups in total. The van der Waals surface area contributed by atoms with E-state index >= 15 is 0 Å². The van der Waals surface area contributed by atoms with Gasteiger partial charge in [0.25, 0.3) is 0 Å². The zero-order valence-electron chi connectivity index (χ0n) is 12.2. The smallest absolute Gasteiger partial charge is 0.216 e. The molecule has 0 bridgehead atoms. The van der Waals surface area contributed by atoms with E-state index in [9.17, 15) is 4.79 Å². The van der Waals surface area contributed by atoms with Crippen LogP contribution in [0, 0.1) is 0 Å². The monoisotopic (exact) mass is 289 g/mol. The largest absolute Gasteiger partial charge is 0.310 e. The summed E-state index contributed by atoms with van der Waals surface area (Å²) < 4.78 is 4.09. The van der Waals surface area contributed by atoms with Crippen LogP contribution in [-0.2, 0) is 6.54 Å². The van der Waals surface area contributed by atoms with E-state index in [4.69, 9.17) is 4.98 Å². The molecule has 4 heteroatoms. The summed E-state index contributed by atoms with van der Waals surface area (Å²) in [7, 11) is 0. The molecule has 0 aliphatic rings. The summed E-state index contributed by atoms with van der Waals surface area (Å²) in [5.74, 6) is 0.810. The van der Waals surface area contributed by atoms with Crippen LogP contribution in [0.1, 0.15) is 17.4 Å². The van der Waals surface area contributed by atoms with E-state index in [1.807, 2.05) is 52.9 Å². The van der Waals surface area contributed by atoms with E-state index in [0.717, 1.165) is 40.9 Å².